The zero-order valence-electron chi connectivity index (χ0n) is 16.0. The predicted octanol–water partition coefficient (Wildman–Crippen LogP) is 5.37. The lowest BCUT2D eigenvalue weighted by molar-refractivity contribution is 0.804. The number of aromatic nitrogens is 3. The second kappa shape index (κ2) is 6.89. The van der Waals surface area contributed by atoms with Crippen molar-refractivity contribution in [1.82, 2.24) is 14.5 Å². The fraction of sp³-hybridized carbons (Fsp3) is 0.273. The number of fused-ring (bicyclic) bond motifs is 3. The Labute approximate surface area is 162 Å². The topological polar surface area (TPSA) is 50.7 Å². The number of nitrogens with one attached hydrogen (secondary N) is 1. The molecule has 27 heavy (non-hydrogen) atoms. The van der Waals surface area contributed by atoms with Crippen molar-refractivity contribution in [1.29, 1.82) is 0 Å². The first-order valence-corrected chi connectivity index (χ1v) is 10.1. The number of aromatic amines is 1. The van der Waals surface area contributed by atoms with Crippen molar-refractivity contribution < 1.29 is 0 Å². The summed E-state index contributed by atoms with van der Waals surface area (Å²) in [6.45, 7) is 8.43. The number of thioether (sulfide) groups is 1. The molecule has 1 atom stereocenters. The first-order chi connectivity index (χ1) is 13.0. The van der Waals surface area contributed by atoms with Crippen molar-refractivity contribution in [3.8, 4) is 5.69 Å². The summed E-state index contributed by atoms with van der Waals surface area (Å²) in [4.78, 5) is 21.7. The molecule has 138 valence electrons. The van der Waals surface area contributed by atoms with Gasteiger partial charge in [-0.05, 0) is 49.6 Å². The molecule has 0 bridgehead atoms. The minimum Gasteiger partial charge on any atom is -0.349 e. The molecular weight excluding hydrogens is 354 g/mol. The van der Waals surface area contributed by atoms with Crippen molar-refractivity contribution in [3.63, 3.8) is 0 Å². The summed E-state index contributed by atoms with van der Waals surface area (Å²) in [5.41, 5.74) is 5.34. The maximum absolute atomic E-state index is 13.5. The maximum Gasteiger partial charge on any atom is 0.283 e. The Balaban J connectivity index is 2.08. The predicted molar refractivity (Wildman–Crippen MR) is 114 cm³/mol. The van der Waals surface area contributed by atoms with E-state index < -0.39 is 0 Å². The molecule has 2 aromatic heterocycles. The fourth-order valence-corrected chi connectivity index (χ4v) is 4.36. The lowest BCUT2D eigenvalue weighted by Crippen LogP contribution is -2.22. The van der Waals surface area contributed by atoms with E-state index in [0.717, 1.165) is 44.8 Å². The van der Waals surface area contributed by atoms with Gasteiger partial charge in [0.2, 0.25) is 0 Å². The summed E-state index contributed by atoms with van der Waals surface area (Å²) in [5.74, 6) is 0. The van der Waals surface area contributed by atoms with E-state index in [9.17, 15) is 4.79 Å². The molecule has 0 spiro atoms. The fourth-order valence-electron chi connectivity index (χ4n) is 3.39. The van der Waals surface area contributed by atoms with Gasteiger partial charge in [-0.2, -0.15) is 0 Å². The minimum atomic E-state index is -0.0491. The maximum atomic E-state index is 13.5. The van der Waals surface area contributed by atoms with Gasteiger partial charge in [0.1, 0.15) is 11.0 Å². The molecule has 0 radical (unpaired) electrons. The monoisotopic (exact) mass is 377 g/mol. The number of hydrogen-bond acceptors (Lipinski definition) is 3. The van der Waals surface area contributed by atoms with Crippen LogP contribution in [0.25, 0.3) is 27.6 Å². The molecule has 0 fully saturated rings. The van der Waals surface area contributed by atoms with Gasteiger partial charge in [-0.1, -0.05) is 49.9 Å². The lowest BCUT2D eigenvalue weighted by atomic mass is 10.1. The van der Waals surface area contributed by atoms with Gasteiger partial charge in [-0.15, -0.1) is 0 Å². The molecule has 0 aliphatic heterocycles. The highest BCUT2D eigenvalue weighted by molar-refractivity contribution is 7.99. The third kappa shape index (κ3) is 3.16. The van der Waals surface area contributed by atoms with E-state index in [1.807, 2.05) is 36.4 Å². The molecule has 1 N–H and O–H groups in total. The van der Waals surface area contributed by atoms with Gasteiger partial charge in [0.15, 0.2) is 5.16 Å². The molecule has 0 aliphatic rings. The van der Waals surface area contributed by atoms with Crippen LogP contribution in [0.4, 0.5) is 0 Å². The smallest absolute Gasteiger partial charge is 0.283 e. The summed E-state index contributed by atoms with van der Waals surface area (Å²) in [6, 6.07) is 14.2. The van der Waals surface area contributed by atoms with Crippen LogP contribution in [0.5, 0.6) is 0 Å². The molecule has 2 aromatic carbocycles. The highest BCUT2D eigenvalue weighted by Gasteiger charge is 2.18. The number of hydrogen-bond donors (Lipinski definition) is 1. The Morgan fingerprint density at radius 2 is 1.85 bits per heavy atom. The van der Waals surface area contributed by atoms with Crippen LogP contribution in [0.2, 0.25) is 0 Å². The summed E-state index contributed by atoms with van der Waals surface area (Å²) < 4.78 is 1.76. The van der Waals surface area contributed by atoms with E-state index in [1.165, 1.54) is 0 Å². The van der Waals surface area contributed by atoms with Crippen LogP contribution in [-0.2, 0) is 0 Å². The molecular formula is C22H23N3OS. The third-order valence-electron chi connectivity index (χ3n) is 4.84. The third-order valence-corrected chi connectivity index (χ3v) is 6.06. The molecule has 0 aliphatic carbocycles. The van der Waals surface area contributed by atoms with Gasteiger partial charge in [-0.25, -0.2) is 4.98 Å². The number of nitrogens with zero attached hydrogens (tertiary/aromatic N) is 2. The molecule has 2 heterocycles. The Morgan fingerprint density at radius 3 is 2.56 bits per heavy atom. The van der Waals surface area contributed by atoms with Crippen molar-refractivity contribution in [2.75, 3.05) is 0 Å². The SMILES string of the molecule is CC[C@@H](C)Sc1nc2c([nH]c3ccccc32)c(=O)n1-c1cc(C)cc(C)c1. The lowest BCUT2D eigenvalue weighted by Gasteiger charge is -2.15. The van der Waals surface area contributed by atoms with Crippen molar-refractivity contribution >= 4 is 33.7 Å². The van der Waals surface area contributed by atoms with Gasteiger partial charge in [0.25, 0.3) is 5.56 Å². The Hall–Kier alpha value is -2.53. The van der Waals surface area contributed by atoms with Gasteiger partial charge >= 0.3 is 0 Å². The largest absolute Gasteiger partial charge is 0.349 e. The number of benzene rings is 2. The normalized spacial score (nSPS) is 12.7. The van der Waals surface area contributed by atoms with E-state index in [2.05, 4.69) is 38.7 Å². The summed E-state index contributed by atoms with van der Waals surface area (Å²) in [6.07, 6.45) is 1.01. The van der Waals surface area contributed by atoms with Crippen LogP contribution >= 0.6 is 11.8 Å². The Kier molecular flexibility index (Phi) is 4.56. The van der Waals surface area contributed by atoms with Gasteiger partial charge in [0.05, 0.1) is 5.69 Å². The molecule has 0 unspecified atom stereocenters. The number of aryl methyl sites for hydroxylation is 2. The second-order valence-electron chi connectivity index (χ2n) is 7.11. The van der Waals surface area contributed by atoms with Crippen LogP contribution in [0.3, 0.4) is 0 Å². The number of H-pyrrole nitrogens is 1. The standard InChI is InChI=1S/C22H23N3OS/c1-5-15(4)27-22-24-19-17-8-6-7-9-18(17)23-20(19)21(26)25(22)16-11-13(2)10-14(3)12-16/h6-12,15,23H,5H2,1-4H3/t15-/m1/s1. The van der Waals surface area contributed by atoms with Crippen molar-refractivity contribution in [3.05, 3.63) is 63.9 Å². The van der Waals surface area contributed by atoms with Crippen molar-refractivity contribution in [2.45, 2.75) is 44.5 Å². The van der Waals surface area contributed by atoms with E-state index in [0.29, 0.717) is 10.8 Å². The molecule has 4 nitrogen and oxygen atoms in total. The van der Waals surface area contributed by atoms with Crippen LogP contribution in [-0.4, -0.2) is 19.8 Å². The zero-order chi connectivity index (χ0) is 19.1. The van der Waals surface area contributed by atoms with Gasteiger partial charge < -0.3 is 4.98 Å². The Morgan fingerprint density at radius 1 is 1.15 bits per heavy atom. The van der Waals surface area contributed by atoms with Crippen LogP contribution in [0.15, 0.2) is 52.4 Å². The van der Waals surface area contributed by atoms with Crippen LogP contribution in [0.1, 0.15) is 31.4 Å². The highest BCUT2D eigenvalue weighted by Crippen LogP contribution is 2.29. The Bertz CT molecular complexity index is 1190. The summed E-state index contributed by atoms with van der Waals surface area (Å²) in [7, 11) is 0. The molecule has 0 amide bonds. The molecule has 4 rings (SSSR count). The quantitative estimate of drug-likeness (QED) is 0.384. The zero-order valence-corrected chi connectivity index (χ0v) is 16.9. The second-order valence-corrected chi connectivity index (χ2v) is 8.52. The van der Waals surface area contributed by atoms with E-state index in [4.69, 9.17) is 4.98 Å². The number of para-hydroxylation sites is 1. The summed E-state index contributed by atoms with van der Waals surface area (Å²) in [5, 5.41) is 2.11. The average molecular weight is 378 g/mol. The van der Waals surface area contributed by atoms with Crippen LogP contribution in [0, 0.1) is 13.8 Å². The summed E-state index contributed by atoms with van der Waals surface area (Å²) >= 11 is 1.66. The van der Waals surface area contributed by atoms with Crippen molar-refractivity contribution in [2.24, 2.45) is 0 Å². The highest BCUT2D eigenvalue weighted by atomic mass is 32.2. The molecule has 0 saturated carbocycles. The van der Waals surface area contributed by atoms with Crippen LogP contribution < -0.4 is 5.56 Å². The molecule has 5 heteroatoms. The molecule has 4 aromatic rings. The molecule has 0 saturated heterocycles. The average Bonchev–Trinajstić information content (AvgIpc) is 3.00. The van der Waals surface area contributed by atoms with Gasteiger partial charge in [-0.3, -0.25) is 9.36 Å². The van der Waals surface area contributed by atoms with E-state index >= 15 is 0 Å². The first-order valence-electron chi connectivity index (χ1n) is 9.26. The van der Waals surface area contributed by atoms with Gasteiger partial charge in [0, 0.05) is 16.2 Å². The number of rotatable bonds is 4. The first kappa shape index (κ1) is 17.9. The minimum absolute atomic E-state index is 0.0491. The van der Waals surface area contributed by atoms with E-state index in [1.54, 1.807) is 16.3 Å². The van der Waals surface area contributed by atoms with E-state index in [-0.39, 0.29) is 5.56 Å².